The molecule has 28 heavy (non-hydrogen) atoms. The van der Waals surface area contributed by atoms with E-state index in [1.54, 1.807) is 18.3 Å². The first-order valence-corrected chi connectivity index (χ1v) is 9.68. The minimum absolute atomic E-state index is 0.0436. The van der Waals surface area contributed by atoms with E-state index in [1.807, 2.05) is 12.1 Å². The first-order chi connectivity index (χ1) is 13.7. The van der Waals surface area contributed by atoms with Crippen molar-refractivity contribution in [1.29, 1.82) is 0 Å². The number of oxime groups is 1. The molecule has 0 saturated carbocycles. The van der Waals surface area contributed by atoms with Gasteiger partial charge in [0.2, 0.25) is 0 Å². The third kappa shape index (κ3) is 6.18. The van der Waals surface area contributed by atoms with Gasteiger partial charge < -0.3 is 10.2 Å². The quantitative estimate of drug-likeness (QED) is 0.564. The Balaban J connectivity index is 1.35. The first kappa shape index (κ1) is 20.0. The molecule has 2 aromatic carbocycles. The zero-order chi connectivity index (χ0) is 19.6. The molecule has 1 aliphatic heterocycles. The van der Waals surface area contributed by atoms with Crippen molar-refractivity contribution in [3.05, 3.63) is 71.3 Å². The van der Waals surface area contributed by atoms with Gasteiger partial charge >= 0.3 is 0 Å². The first-order valence-electron chi connectivity index (χ1n) is 9.68. The fourth-order valence-corrected chi connectivity index (χ4v) is 3.28. The highest BCUT2D eigenvalue weighted by Gasteiger charge is 2.16. The van der Waals surface area contributed by atoms with Crippen LogP contribution in [-0.4, -0.2) is 68.3 Å². The fourth-order valence-electron chi connectivity index (χ4n) is 3.28. The molecule has 1 heterocycles. The summed E-state index contributed by atoms with van der Waals surface area (Å²) in [5, 5.41) is 6.72. The zero-order valence-corrected chi connectivity index (χ0v) is 16.4. The molecule has 2 aromatic rings. The van der Waals surface area contributed by atoms with Crippen LogP contribution in [0.5, 0.6) is 0 Å². The molecule has 148 valence electrons. The molecule has 0 bridgehead atoms. The Labute approximate surface area is 166 Å². The van der Waals surface area contributed by atoms with Gasteiger partial charge in [0.25, 0.3) is 5.91 Å². The number of piperazine rings is 1. The number of rotatable bonds is 8. The number of carbonyl (C=O) groups excluding carboxylic acids is 1. The second-order valence-corrected chi connectivity index (χ2v) is 6.90. The van der Waals surface area contributed by atoms with Crippen LogP contribution < -0.4 is 5.32 Å². The van der Waals surface area contributed by atoms with E-state index in [9.17, 15) is 4.79 Å². The number of nitrogens with zero attached hydrogens (tertiary/aromatic N) is 3. The average molecular weight is 380 g/mol. The van der Waals surface area contributed by atoms with Gasteiger partial charge in [-0.2, -0.15) is 0 Å². The maximum absolute atomic E-state index is 12.3. The third-order valence-corrected chi connectivity index (χ3v) is 4.91. The standard InChI is InChI=1S/C22H28N4O2/c1-28-24-17-19-7-9-21(10-8-19)22(27)23-11-12-25-13-15-26(16-14-25)18-20-5-3-2-4-6-20/h2-10,17H,11-16,18H2,1H3,(H,23,27)/b24-17+. The van der Waals surface area contributed by atoms with Crippen LogP contribution in [-0.2, 0) is 11.4 Å². The van der Waals surface area contributed by atoms with Crippen molar-refractivity contribution in [2.75, 3.05) is 46.4 Å². The van der Waals surface area contributed by atoms with Gasteiger partial charge in [0, 0.05) is 51.4 Å². The Morgan fingerprint density at radius 2 is 1.71 bits per heavy atom. The lowest BCUT2D eigenvalue weighted by molar-refractivity contribution is 0.0934. The maximum Gasteiger partial charge on any atom is 0.251 e. The van der Waals surface area contributed by atoms with Crippen LogP contribution in [0.15, 0.2) is 59.8 Å². The highest BCUT2D eigenvalue weighted by molar-refractivity contribution is 5.95. The molecule has 6 nitrogen and oxygen atoms in total. The summed E-state index contributed by atoms with van der Waals surface area (Å²) in [5.41, 5.74) is 2.91. The lowest BCUT2D eigenvalue weighted by atomic mass is 10.1. The molecule has 0 atom stereocenters. The van der Waals surface area contributed by atoms with E-state index < -0.39 is 0 Å². The molecule has 0 aromatic heterocycles. The van der Waals surface area contributed by atoms with Gasteiger partial charge in [-0.25, -0.2) is 0 Å². The topological polar surface area (TPSA) is 57.2 Å². The summed E-state index contributed by atoms with van der Waals surface area (Å²) in [4.78, 5) is 21.8. The van der Waals surface area contributed by atoms with Crippen LogP contribution in [0, 0.1) is 0 Å². The number of hydrogen-bond donors (Lipinski definition) is 1. The normalized spacial score (nSPS) is 15.6. The summed E-state index contributed by atoms with van der Waals surface area (Å²) in [6, 6.07) is 17.9. The monoisotopic (exact) mass is 380 g/mol. The number of amides is 1. The van der Waals surface area contributed by atoms with Crippen LogP contribution >= 0.6 is 0 Å². The molecule has 0 unspecified atom stereocenters. The van der Waals surface area contributed by atoms with Gasteiger partial charge in [-0.1, -0.05) is 47.6 Å². The predicted molar refractivity (Wildman–Crippen MR) is 112 cm³/mol. The highest BCUT2D eigenvalue weighted by atomic mass is 16.6. The van der Waals surface area contributed by atoms with Crippen LogP contribution in [0.25, 0.3) is 0 Å². The second-order valence-electron chi connectivity index (χ2n) is 6.90. The van der Waals surface area contributed by atoms with Crippen LogP contribution in [0.2, 0.25) is 0 Å². The number of carbonyl (C=O) groups is 1. The summed E-state index contributed by atoms with van der Waals surface area (Å²) in [7, 11) is 1.50. The minimum Gasteiger partial charge on any atom is -0.399 e. The van der Waals surface area contributed by atoms with Crippen LogP contribution in [0.3, 0.4) is 0 Å². The average Bonchev–Trinajstić information content (AvgIpc) is 2.74. The van der Waals surface area contributed by atoms with Crippen LogP contribution in [0.1, 0.15) is 21.5 Å². The Morgan fingerprint density at radius 1 is 1.04 bits per heavy atom. The van der Waals surface area contributed by atoms with E-state index in [2.05, 4.69) is 55.4 Å². The Morgan fingerprint density at radius 3 is 2.39 bits per heavy atom. The number of hydrogen-bond acceptors (Lipinski definition) is 5. The van der Waals surface area contributed by atoms with Crippen LogP contribution in [0.4, 0.5) is 0 Å². The molecule has 1 saturated heterocycles. The van der Waals surface area contributed by atoms with E-state index in [0.29, 0.717) is 12.1 Å². The summed E-state index contributed by atoms with van der Waals surface area (Å²) in [6.07, 6.45) is 1.61. The van der Waals surface area contributed by atoms with E-state index in [4.69, 9.17) is 0 Å². The summed E-state index contributed by atoms with van der Waals surface area (Å²) in [5.74, 6) is -0.0436. The SMILES string of the molecule is CO/N=C/c1ccc(C(=O)NCCN2CCN(Cc3ccccc3)CC2)cc1. The third-order valence-electron chi connectivity index (χ3n) is 4.91. The van der Waals surface area contributed by atoms with Crippen molar-refractivity contribution >= 4 is 12.1 Å². The van der Waals surface area contributed by atoms with Gasteiger partial charge in [0.15, 0.2) is 0 Å². The molecule has 1 aliphatic rings. The Kier molecular flexibility index (Phi) is 7.58. The van der Waals surface area contributed by atoms with E-state index in [0.717, 1.165) is 44.8 Å². The van der Waals surface area contributed by atoms with Crippen molar-refractivity contribution in [3.63, 3.8) is 0 Å². The molecule has 1 N–H and O–H groups in total. The van der Waals surface area contributed by atoms with Crippen molar-refractivity contribution in [1.82, 2.24) is 15.1 Å². The zero-order valence-electron chi connectivity index (χ0n) is 16.4. The Bertz CT molecular complexity index is 754. The van der Waals surface area contributed by atoms with E-state index in [-0.39, 0.29) is 5.91 Å². The smallest absolute Gasteiger partial charge is 0.251 e. The molecule has 1 amide bonds. The van der Waals surface area contributed by atoms with E-state index in [1.165, 1.54) is 12.7 Å². The highest BCUT2D eigenvalue weighted by Crippen LogP contribution is 2.08. The summed E-state index contributed by atoms with van der Waals surface area (Å²) < 4.78 is 0. The molecule has 1 fully saturated rings. The van der Waals surface area contributed by atoms with Crippen molar-refractivity contribution < 1.29 is 9.63 Å². The largest absolute Gasteiger partial charge is 0.399 e. The Hall–Kier alpha value is -2.70. The van der Waals surface area contributed by atoms with Gasteiger partial charge in [0.1, 0.15) is 7.11 Å². The van der Waals surface area contributed by atoms with Gasteiger partial charge in [-0.15, -0.1) is 0 Å². The van der Waals surface area contributed by atoms with Gasteiger partial charge in [-0.3, -0.25) is 14.6 Å². The fraction of sp³-hybridized carbons (Fsp3) is 0.364. The molecule has 0 radical (unpaired) electrons. The van der Waals surface area contributed by atoms with Gasteiger partial charge in [0.05, 0.1) is 6.21 Å². The molecule has 3 rings (SSSR count). The maximum atomic E-state index is 12.3. The van der Waals surface area contributed by atoms with Crippen molar-refractivity contribution in [2.24, 2.45) is 5.16 Å². The lowest BCUT2D eigenvalue weighted by Gasteiger charge is -2.34. The van der Waals surface area contributed by atoms with Gasteiger partial charge in [-0.05, 0) is 23.3 Å². The summed E-state index contributed by atoms with van der Waals surface area (Å²) >= 11 is 0. The molecular weight excluding hydrogens is 352 g/mol. The minimum atomic E-state index is -0.0436. The molecule has 0 spiro atoms. The van der Waals surface area contributed by atoms with E-state index >= 15 is 0 Å². The lowest BCUT2D eigenvalue weighted by Crippen LogP contribution is -2.48. The molecule has 6 heteroatoms. The van der Waals surface area contributed by atoms with Crippen molar-refractivity contribution in [3.8, 4) is 0 Å². The summed E-state index contributed by atoms with van der Waals surface area (Å²) in [6.45, 7) is 6.75. The van der Waals surface area contributed by atoms with Crippen molar-refractivity contribution in [2.45, 2.75) is 6.54 Å². The molecule has 0 aliphatic carbocycles. The number of benzene rings is 2. The second kappa shape index (κ2) is 10.6. The molecular formula is C22H28N4O2. The predicted octanol–water partition coefficient (Wildman–Crippen LogP) is 2.21. The number of nitrogens with one attached hydrogen (secondary N) is 1.